The Kier molecular flexibility index (Phi) is 6.66. The van der Waals surface area contributed by atoms with Gasteiger partial charge in [-0.25, -0.2) is 0 Å². The van der Waals surface area contributed by atoms with Gasteiger partial charge in [-0.15, -0.1) is 11.8 Å². The third kappa shape index (κ3) is 4.73. The number of hydrogen-bond donors (Lipinski definition) is 1. The molecule has 0 unspecified atom stereocenters. The topological polar surface area (TPSA) is 67.9 Å². The highest BCUT2D eigenvalue weighted by atomic mass is 32.2. The molecule has 6 nitrogen and oxygen atoms in total. The number of carbonyl (C=O) groups is 2. The van der Waals surface area contributed by atoms with Crippen molar-refractivity contribution in [3.05, 3.63) is 89.5 Å². The van der Waals surface area contributed by atoms with Crippen LogP contribution in [-0.2, 0) is 11.3 Å². The van der Waals surface area contributed by atoms with Gasteiger partial charge in [-0.3, -0.25) is 9.59 Å². The molecule has 0 spiro atoms. The molecule has 0 saturated carbocycles. The summed E-state index contributed by atoms with van der Waals surface area (Å²) in [4.78, 5) is 27.1. The van der Waals surface area contributed by atoms with Crippen LogP contribution in [0.15, 0.2) is 72.8 Å². The first-order valence-electron chi connectivity index (χ1n) is 10.2. The van der Waals surface area contributed by atoms with Crippen molar-refractivity contribution < 1.29 is 19.1 Å². The average Bonchev–Trinajstić information content (AvgIpc) is 3.19. The molecule has 0 radical (unpaired) electrons. The minimum atomic E-state index is -0.222. The monoisotopic (exact) mass is 448 g/mol. The van der Waals surface area contributed by atoms with E-state index in [0.717, 1.165) is 11.1 Å². The van der Waals surface area contributed by atoms with Crippen LogP contribution in [0.5, 0.6) is 11.5 Å². The van der Waals surface area contributed by atoms with Crippen LogP contribution in [0.4, 0.5) is 5.69 Å². The summed E-state index contributed by atoms with van der Waals surface area (Å²) in [6, 6.07) is 22.6. The first-order chi connectivity index (χ1) is 15.6. The van der Waals surface area contributed by atoms with E-state index >= 15 is 0 Å². The standard InChI is InChI=1S/C25H24N2O4S/c1-30-21-13-12-20(14-22(21)31-2)26-24(29)18-8-10-19(11-9-18)25-27(23(28)16-32-25)15-17-6-4-3-5-7-17/h3-14,25H,15-16H2,1-2H3,(H,26,29)/t25-/m0/s1. The molecule has 7 heteroatoms. The minimum absolute atomic E-state index is 0.0642. The van der Waals surface area contributed by atoms with E-state index in [1.54, 1.807) is 56.3 Å². The Morgan fingerprint density at radius 2 is 1.72 bits per heavy atom. The zero-order valence-electron chi connectivity index (χ0n) is 17.9. The van der Waals surface area contributed by atoms with Crippen molar-refractivity contribution in [2.24, 2.45) is 0 Å². The summed E-state index contributed by atoms with van der Waals surface area (Å²) in [6.07, 6.45) is 0. The molecular formula is C25H24N2O4S. The van der Waals surface area contributed by atoms with E-state index in [4.69, 9.17) is 9.47 Å². The number of methoxy groups -OCH3 is 2. The molecule has 1 heterocycles. The Morgan fingerprint density at radius 3 is 2.41 bits per heavy atom. The fraction of sp³-hybridized carbons (Fsp3) is 0.200. The molecule has 1 N–H and O–H groups in total. The number of anilines is 1. The smallest absolute Gasteiger partial charge is 0.255 e. The molecular weight excluding hydrogens is 424 g/mol. The lowest BCUT2D eigenvalue weighted by atomic mass is 10.1. The normalized spacial score (nSPS) is 15.5. The summed E-state index contributed by atoms with van der Waals surface area (Å²) in [6.45, 7) is 0.568. The lowest BCUT2D eigenvalue weighted by Crippen LogP contribution is -2.27. The fourth-order valence-corrected chi connectivity index (χ4v) is 4.79. The Labute approximate surface area is 191 Å². The number of hydrogen-bond acceptors (Lipinski definition) is 5. The third-order valence-corrected chi connectivity index (χ3v) is 6.52. The highest BCUT2D eigenvalue weighted by Gasteiger charge is 2.32. The lowest BCUT2D eigenvalue weighted by molar-refractivity contribution is -0.128. The van der Waals surface area contributed by atoms with Gasteiger partial charge in [0.1, 0.15) is 5.37 Å². The summed E-state index contributed by atoms with van der Waals surface area (Å²) in [5.74, 6) is 1.50. The van der Waals surface area contributed by atoms with Crippen molar-refractivity contribution >= 4 is 29.3 Å². The summed E-state index contributed by atoms with van der Waals surface area (Å²) in [7, 11) is 3.11. The molecule has 32 heavy (non-hydrogen) atoms. The van der Waals surface area contributed by atoms with Crippen molar-refractivity contribution in [1.29, 1.82) is 0 Å². The van der Waals surface area contributed by atoms with Crippen LogP contribution < -0.4 is 14.8 Å². The maximum Gasteiger partial charge on any atom is 0.255 e. The maximum atomic E-state index is 12.7. The maximum absolute atomic E-state index is 12.7. The van der Waals surface area contributed by atoms with Crippen LogP contribution in [0.25, 0.3) is 0 Å². The van der Waals surface area contributed by atoms with Crippen molar-refractivity contribution in [2.45, 2.75) is 11.9 Å². The second-order valence-corrected chi connectivity index (χ2v) is 8.39. The van der Waals surface area contributed by atoms with Gasteiger partial charge in [0.25, 0.3) is 5.91 Å². The number of ether oxygens (including phenoxy) is 2. The number of nitrogens with one attached hydrogen (secondary N) is 1. The van der Waals surface area contributed by atoms with Gasteiger partial charge in [0.2, 0.25) is 5.91 Å². The van der Waals surface area contributed by atoms with Gasteiger partial charge in [0, 0.05) is 23.9 Å². The average molecular weight is 449 g/mol. The predicted molar refractivity (Wildman–Crippen MR) is 126 cm³/mol. The van der Waals surface area contributed by atoms with Crippen molar-refractivity contribution in [1.82, 2.24) is 4.90 Å². The summed E-state index contributed by atoms with van der Waals surface area (Å²) >= 11 is 1.61. The molecule has 0 aliphatic carbocycles. The quantitative estimate of drug-likeness (QED) is 0.566. The van der Waals surface area contributed by atoms with Gasteiger partial charge in [-0.1, -0.05) is 42.5 Å². The highest BCUT2D eigenvalue weighted by Crippen LogP contribution is 2.39. The van der Waals surface area contributed by atoms with Gasteiger partial charge >= 0.3 is 0 Å². The first kappa shape index (κ1) is 21.8. The third-order valence-electron chi connectivity index (χ3n) is 5.26. The highest BCUT2D eigenvalue weighted by molar-refractivity contribution is 8.00. The summed E-state index contributed by atoms with van der Waals surface area (Å²) in [5.41, 5.74) is 3.24. The molecule has 3 aromatic rings. The van der Waals surface area contributed by atoms with Gasteiger partial charge < -0.3 is 19.7 Å². The first-order valence-corrected chi connectivity index (χ1v) is 11.2. The van der Waals surface area contributed by atoms with Crippen LogP contribution in [0.3, 0.4) is 0 Å². The molecule has 1 atom stereocenters. The van der Waals surface area contributed by atoms with E-state index < -0.39 is 0 Å². The van der Waals surface area contributed by atoms with E-state index in [9.17, 15) is 9.59 Å². The van der Waals surface area contributed by atoms with Crippen LogP contribution in [0.1, 0.15) is 26.9 Å². The second kappa shape index (κ2) is 9.78. The zero-order chi connectivity index (χ0) is 22.5. The molecule has 1 aliphatic rings. The van der Waals surface area contributed by atoms with E-state index in [1.165, 1.54) is 0 Å². The number of nitrogens with zero attached hydrogens (tertiary/aromatic N) is 1. The Hall–Kier alpha value is -3.45. The number of carbonyl (C=O) groups excluding carboxylic acids is 2. The molecule has 1 fully saturated rings. The molecule has 0 bridgehead atoms. The molecule has 3 aromatic carbocycles. The summed E-state index contributed by atoms with van der Waals surface area (Å²) < 4.78 is 10.5. The van der Waals surface area contributed by atoms with Gasteiger partial charge in [0.05, 0.1) is 20.0 Å². The van der Waals surface area contributed by atoms with Gasteiger partial charge in [-0.2, -0.15) is 0 Å². The molecule has 0 aromatic heterocycles. The van der Waals surface area contributed by atoms with Crippen LogP contribution in [0, 0.1) is 0 Å². The van der Waals surface area contributed by atoms with Crippen molar-refractivity contribution in [3.8, 4) is 11.5 Å². The predicted octanol–water partition coefficient (Wildman–Crippen LogP) is 4.73. The molecule has 1 saturated heterocycles. The Balaban J connectivity index is 1.46. The van der Waals surface area contributed by atoms with Crippen molar-refractivity contribution in [3.63, 3.8) is 0 Å². The van der Waals surface area contributed by atoms with Crippen molar-refractivity contribution in [2.75, 3.05) is 25.3 Å². The molecule has 1 aliphatic heterocycles. The largest absolute Gasteiger partial charge is 0.493 e. The summed E-state index contributed by atoms with van der Waals surface area (Å²) in [5, 5.41) is 2.81. The lowest BCUT2D eigenvalue weighted by Gasteiger charge is -2.24. The SMILES string of the molecule is COc1ccc(NC(=O)c2ccc([C@@H]3SCC(=O)N3Cc3ccccc3)cc2)cc1OC. The number of rotatable bonds is 7. The Morgan fingerprint density at radius 1 is 1.00 bits per heavy atom. The van der Waals surface area contributed by atoms with Gasteiger partial charge in [0.15, 0.2) is 11.5 Å². The molecule has 164 valence electrons. The number of amides is 2. The number of thioether (sulfide) groups is 1. The van der Waals surface area contributed by atoms with E-state index in [2.05, 4.69) is 5.32 Å². The minimum Gasteiger partial charge on any atom is -0.493 e. The van der Waals surface area contributed by atoms with Gasteiger partial charge in [-0.05, 0) is 35.4 Å². The molecule has 2 amide bonds. The Bertz CT molecular complexity index is 1100. The van der Waals surface area contributed by atoms with E-state index in [-0.39, 0.29) is 17.2 Å². The second-order valence-electron chi connectivity index (χ2n) is 7.32. The zero-order valence-corrected chi connectivity index (χ0v) is 18.7. The fourth-order valence-electron chi connectivity index (χ4n) is 3.60. The van der Waals surface area contributed by atoms with Crippen LogP contribution in [-0.4, -0.2) is 36.7 Å². The van der Waals surface area contributed by atoms with Crippen LogP contribution in [0.2, 0.25) is 0 Å². The van der Waals surface area contributed by atoms with E-state index in [1.807, 2.05) is 47.4 Å². The van der Waals surface area contributed by atoms with E-state index in [0.29, 0.717) is 35.0 Å². The van der Waals surface area contributed by atoms with Crippen LogP contribution >= 0.6 is 11.8 Å². The molecule has 4 rings (SSSR count). The number of benzene rings is 3.